The summed E-state index contributed by atoms with van der Waals surface area (Å²) in [5.74, 6) is -1.51. The lowest BCUT2D eigenvalue weighted by atomic mass is 10.0. The van der Waals surface area contributed by atoms with Crippen molar-refractivity contribution in [3.05, 3.63) is 30.1 Å². The van der Waals surface area contributed by atoms with Crippen molar-refractivity contribution >= 4 is 28.3 Å². The summed E-state index contributed by atoms with van der Waals surface area (Å²) in [7, 11) is -4.12. The molecule has 0 bridgehead atoms. The van der Waals surface area contributed by atoms with Gasteiger partial charge in [0.1, 0.15) is 16.8 Å². The quantitative estimate of drug-likeness (QED) is 0.689. The van der Waals surface area contributed by atoms with Gasteiger partial charge in [0.05, 0.1) is 0 Å². The van der Waals surface area contributed by atoms with Crippen LogP contribution in [0.4, 0.5) is 4.39 Å². The van der Waals surface area contributed by atoms with Crippen LogP contribution in [0, 0.1) is 11.7 Å². The first kappa shape index (κ1) is 20.8. The van der Waals surface area contributed by atoms with E-state index in [4.69, 9.17) is 0 Å². The van der Waals surface area contributed by atoms with Crippen molar-refractivity contribution < 1.29 is 17.6 Å². The van der Waals surface area contributed by atoms with Gasteiger partial charge in [-0.3, -0.25) is 4.79 Å². The van der Waals surface area contributed by atoms with Crippen LogP contribution >= 0.6 is 12.4 Å². The standard InChI is InChI=1S/C15H22FN3O3S.ClH/c1-10(2)14(15(20)18-11-7-8-17-9-11)19-23(21,22)13-6-4-3-5-12(13)16;/h3-6,10-11,14,17,19H,7-9H2,1-2H3,(H,18,20);1H. The molecule has 2 rings (SSSR count). The molecule has 0 aromatic heterocycles. The van der Waals surface area contributed by atoms with Gasteiger partial charge in [0.25, 0.3) is 0 Å². The lowest BCUT2D eigenvalue weighted by molar-refractivity contribution is -0.124. The Balaban J connectivity index is 0.00000288. The van der Waals surface area contributed by atoms with Gasteiger partial charge in [-0.2, -0.15) is 4.72 Å². The number of halogens is 2. The monoisotopic (exact) mass is 379 g/mol. The number of carbonyl (C=O) groups is 1. The van der Waals surface area contributed by atoms with Gasteiger partial charge in [0.15, 0.2) is 0 Å². The Hall–Kier alpha value is -1.22. The molecule has 136 valence electrons. The van der Waals surface area contributed by atoms with E-state index in [2.05, 4.69) is 15.4 Å². The van der Waals surface area contributed by atoms with Crippen LogP contribution in [0.15, 0.2) is 29.2 Å². The predicted octanol–water partition coefficient (Wildman–Crippen LogP) is 1.03. The molecule has 0 radical (unpaired) electrons. The Labute approximate surface area is 148 Å². The van der Waals surface area contributed by atoms with Crippen molar-refractivity contribution in [3.63, 3.8) is 0 Å². The molecule has 1 fully saturated rings. The Morgan fingerprint density at radius 1 is 1.33 bits per heavy atom. The SMILES string of the molecule is CC(C)C(NS(=O)(=O)c1ccccc1F)C(=O)NC1CCNC1.Cl. The molecule has 9 heteroatoms. The van der Waals surface area contributed by atoms with Crippen LogP contribution in [0.2, 0.25) is 0 Å². The number of rotatable bonds is 6. The first-order valence-corrected chi connectivity index (χ1v) is 9.07. The second kappa shape index (κ2) is 8.75. The van der Waals surface area contributed by atoms with E-state index in [1.54, 1.807) is 13.8 Å². The maximum atomic E-state index is 13.7. The number of nitrogens with one attached hydrogen (secondary N) is 3. The zero-order valence-electron chi connectivity index (χ0n) is 13.6. The number of hydrogen-bond donors (Lipinski definition) is 3. The molecule has 3 N–H and O–H groups in total. The Kier molecular flexibility index (Phi) is 7.59. The molecule has 2 atom stereocenters. The van der Waals surface area contributed by atoms with Gasteiger partial charge < -0.3 is 10.6 Å². The number of benzene rings is 1. The highest BCUT2D eigenvalue weighted by Gasteiger charge is 2.31. The van der Waals surface area contributed by atoms with Gasteiger partial charge in [-0.1, -0.05) is 26.0 Å². The minimum absolute atomic E-state index is 0. The smallest absolute Gasteiger partial charge is 0.244 e. The van der Waals surface area contributed by atoms with Crippen molar-refractivity contribution in [3.8, 4) is 0 Å². The highest BCUT2D eigenvalue weighted by Crippen LogP contribution is 2.15. The zero-order valence-corrected chi connectivity index (χ0v) is 15.2. The molecular formula is C15H23ClFN3O3S. The van der Waals surface area contributed by atoms with Gasteiger partial charge in [-0.05, 0) is 31.0 Å². The summed E-state index contributed by atoms with van der Waals surface area (Å²) in [6, 6.07) is 4.12. The van der Waals surface area contributed by atoms with Crippen LogP contribution in [-0.4, -0.2) is 39.5 Å². The highest BCUT2D eigenvalue weighted by atomic mass is 35.5. The molecule has 0 aliphatic carbocycles. The van der Waals surface area contributed by atoms with Gasteiger partial charge in [-0.25, -0.2) is 12.8 Å². The summed E-state index contributed by atoms with van der Waals surface area (Å²) >= 11 is 0. The van der Waals surface area contributed by atoms with Gasteiger partial charge >= 0.3 is 0 Å². The third kappa shape index (κ3) is 5.14. The first-order chi connectivity index (χ1) is 10.8. The van der Waals surface area contributed by atoms with E-state index >= 15 is 0 Å². The molecule has 0 spiro atoms. The van der Waals surface area contributed by atoms with Crippen LogP contribution in [0.25, 0.3) is 0 Å². The number of hydrogen-bond acceptors (Lipinski definition) is 4. The van der Waals surface area contributed by atoms with Crippen molar-refractivity contribution in [2.75, 3.05) is 13.1 Å². The molecule has 2 unspecified atom stereocenters. The van der Waals surface area contributed by atoms with E-state index in [-0.39, 0.29) is 24.4 Å². The maximum Gasteiger partial charge on any atom is 0.244 e. The molecule has 1 saturated heterocycles. The predicted molar refractivity (Wildman–Crippen MR) is 92.0 cm³/mol. The van der Waals surface area contributed by atoms with Gasteiger partial charge in [0, 0.05) is 12.6 Å². The molecule has 1 amide bonds. The minimum atomic E-state index is -4.12. The zero-order chi connectivity index (χ0) is 17.0. The van der Waals surface area contributed by atoms with Crippen molar-refractivity contribution in [2.45, 2.75) is 37.2 Å². The molecule has 1 heterocycles. The normalized spacial score (nSPS) is 18.9. The molecule has 1 aliphatic rings. The third-order valence-electron chi connectivity index (χ3n) is 3.76. The lowest BCUT2D eigenvalue weighted by Crippen LogP contribution is -2.52. The third-order valence-corrected chi connectivity index (χ3v) is 5.24. The fourth-order valence-corrected chi connectivity index (χ4v) is 3.88. The van der Waals surface area contributed by atoms with Crippen LogP contribution in [0.1, 0.15) is 20.3 Å². The average Bonchev–Trinajstić information content (AvgIpc) is 2.97. The largest absolute Gasteiger partial charge is 0.351 e. The van der Waals surface area contributed by atoms with Gasteiger partial charge in [0.2, 0.25) is 15.9 Å². The van der Waals surface area contributed by atoms with Crippen LogP contribution in [-0.2, 0) is 14.8 Å². The highest BCUT2D eigenvalue weighted by molar-refractivity contribution is 7.89. The van der Waals surface area contributed by atoms with Crippen molar-refractivity contribution in [2.24, 2.45) is 5.92 Å². The van der Waals surface area contributed by atoms with Crippen LogP contribution < -0.4 is 15.4 Å². The molecular weight excluding hydrogens is 357 g/mol. The molecule has 24 heavy (non-hydrogen) atoms. The summed E-state index contributed by atoms with van der Waals surface area (Å²) in [4.78, 5) is 11.9. The summed E-state index contributed by atoms with van der Waals surface area (Å²) < 4.78 is 40.8. The minimum Gasteiger partial charge on any atom is -0.351 e. The molecule has 1 aromatic rings. The van der Waals surface area contributed by atoms with E-state index in [1.807, 2.05) is 0 Å². The van der Waals surface area contributed by atoms with Crippen LogP contribution in [0.5, 0.6) is 0 Å². The first-order valence-electron chi connectivity index (χ1n) is 7.59. The molecule has 1 aromatic carbocycles. The van der Waals surface area contributed by atoms with E-state index < -0.39 is 32.7 Å². The molecule has 0 saturated carbocycles. The average molecular weight is 380 g/mol. The second-order valence-corrected chi connectivity index (χ2v) is 7.65. The molecule has 1 aliphatic heterocycles. The Morgan fingerprint density at radius 3 is 2.54 bits per heavy atom. The van der Waals surface area contributed by atoms with E-state index in [1.165, 1.54) is 18.2 Å². The Morgan fingerprint density at radius 2 is 2.00 bits per heavy atom. The summed E-state index contributed by atoms with van der Waals surface area (Å²) in [6.45, 7) is 4.96. The number of sulfonamides is 1. The summed E-state index contributed by atoms with van der Waals surface area (Å²) in [5.41, 5.74) is 0. The number of amides is 1. The fraction of sp³-hybridized carbons (Fsp3) is 0.533. The van der Waals surface area contributed by atoms with E-state index in [0.29, 0.717) is 6.54 Å². The van der Waals surface area contributed by atoms with Crippen molar-refractivity contribution in [1.29, 1.82) is 0 Å². The van der Waals surface area contributed by atoms with Gasteiger partial charge in [-0.15, -0.1) is 12.4 Å². The number of carbonyl (C=O) groups excluding carboxylic acids is 1. The van der Waals surface area contributed by atoms with Crippen LogP contribution in [0.3, 0.4) is 0 Å². The van der Waals surface area contributed by atoms with Crippen molar-refractivity contribution in [1.82, 2.24) is 15.4 Å². The lowest BCUT2D eigenvalue weighted by Gasteiger charge is -2.23. The fourth-order valence-electron chi connectivity index (χ4n) is 2.45. The maximum absolute atomic E-state index is 13.7. The second-order valence-electron chi connectivity index (χ2n) is 5.97. The topological polar surface area (TPSA) is 87.3 Å². The van der Waals surface area contributed by atoms with E-state index in [0.717, 1.165) is 19.0 Å². The molecule has 6 nitrogen and oxygen atoms in total. The summed E-state index contributed by atoms with van der Waals surface area (Å²) in [5, 5.41) is 5.95. The Bertz CT molecular complexity index is 664. The van der Waals surface area contributed by atoms with E-state index in [9.17, 15) is 17.6 Å². The summed E-state index contributed by atoms with van der Waals surface area (Å²) in [6.07, 6.45) is 0.802.